The summed E-state index contributed by atoms with van der Waals surface area (Å²) in [5.74, 6) is 0. The third kappa shape index (κ3) is 2.96. The average Bonchev–Trinajstić information content (AvgIpc) is 2.64. The molecule has 0 amide bonds. The molecule has 2 saturated heterocycles. The first-order valence-electron chi connectivity index (χ1n) is 6.80. The van der Waals surface area contributed by atoms with E-state index in [2.05, 4.69) is 36.1 Å². The molecule has 94 valence electrons. The molecule has 0 aromatic rings. The minimum absolute atomic E-state index is 0.697. The summed E-state index contributed by atoms with van der Waals surface area (Å²) in [6, 6.07) is 2.29. The zero-order valence-corrected chi connectivity index (χ0v) is 11.1. The van der Waals surface area contributed by atoms with E-state index in [0.717, 1.165) is 12.1 Å². The minimum Gasteiger partial charge on any atom is -0.314 e. The van der Waals surface area contributed by atoms with Crippen molar-refractivity contribution in [1.29, 1.82) is 0 Å². The largest absolute Gasteiger partial charge is 0.314 e. The Kier molecular flexibility index (Phi) is 4.22. The predicted molar refractivity (Wildman–Crippen MR) is 68.8 cm³/mol. The Hall–Kier alpha value is -0.120. The normalized spacial score (nSPS) is 37.1. The highest BCUT2D eigenvalue weighted by Gasteiger charge is 2.27. The molecule has 0 spiro atoms. The van der Waals surface area contributed by atoms with Crippen molar-refractivity contribution >= 4 is 0 Å². The number of nitrogens with one attached hydrogen (secondary N) is 1. The van der Waals surface area contributed by atoms with Gasteiger partial charge in [-0.05, 0) is 59.8 Å². The van der Waals surface area contributed by atoms with Crippen LogP contribution in [-0.2, 0) is 0 Å². The van der Waals surface area contributed by atoms with Gasteiger partial charge in [0.15, 0.2) is 0 Å². The second-order valence-corrected chi connectivity index (χ2v) is 5.75. The van der Waals surface area contributed by atoms with Gasteiger partial charge in [-0.15, -0.1) is 0 Å². The number of hydrogen-bond acceptors (Lipinski definition) is 3. The Morgan fingerprint density at radius 2 is 2.19 bits per heavy atom. The SMILES string of the molecule is CC1CC(N(C)CC2CCCN2C)CCN1. The number of likely N-dealkylation sites (N-methyl/N-ethyl adjacent to an activating group) is 2. The van der Waals surface area contributed by atoms with Crippen molar-refractivity contribution in [3.05, 3.63) is 0 Å². The van der Waals surface area contributed by atoms with Gasteiger partial charge in [-0.25, -0.2) is 0 Å². The standard InChI is InChI=1S/C13H27N3/c1-11-9-12(6-7-14-11)16(3)10-13-5-4-8-15(13)2/h11-14H,4-10H2,1-3H3. The second-order valence-electron chi connectivity index (χ2n) is 5.75. The molecule has 0 aromatic carbocycles. The summed E-state index contributed by atoms with van der Waals surface area (Å²) in [7, 11) is 4.59. The number of hydrogen-bond donors (Lipinski definition) is 1. The monoisotopic (exact) mass is 225 g/mol. The maximum atomic E-state index is 3.53. The van der Waals surface area contributed by atoms with E-state index in [0.29, 0.717) is 6.04 Å². The number of rotatable bonds is 3. The summed E-state index contributed by atoms with van der Waals surface area (Å²) in [5, 5.41) is 3.53. The van der Waals surface area contributed by atoms with Crippen molar-refractivity contribution in [2.75, 3.05) is 33.7 Å². The van der Waals surface area contributed by atoms with Crippen molar-refractivity contribution < 1.29 is 0 Å². The number of piperidine rings is 1. The van der Waals surface area contributed by atoms with Gasteiger partial charge in [-0.3, -0.25) is 0 Å². The van der Waals surface area contributed by atoms with Crippen LogP contribution in [0.2, 0.25) is 0 Å². The third-order valence-electron chi connectivity index (χ3n) is 4.39. The fourth-order valence-electron chi connectivity index (χ4n) is 3.20. The summed E-state index contributed by atoms with van der Waals surface area (Å²) in [6.07, 6.45) is 5.41. The van der Waals surface area contributed by atoms with Gasteiger partial charge in [0, 0.05) is 24.7 Å². The highest BCUT2D eigenvalue weighted by molar-refractivity contribution is 4.85. The highest BCUT2D eigenvalue weighted by Crippen LogP contribution is 2.19. The Morgan fingerprint density at radius 3 is 2.81 bits per heavy atom. The topological polar surface area (TPSA) is 18.5 Å². The Labute approximate surface area is 100 Å². The Morgan fingerprint density at radius 1 is 1.38 bits per heavy atom. The molecule has 2 aliphatic heterocycles. The van der Waals surface area contributed by atoms with Gasteiger partial charge >= 0.3 is 0 Å². The highest BCUT2D eigenvalue weighted by atomic mass is 15.2. The molecule has 2 fully saturated rings. The molecule has 3 heteroatoms. The van der Waals surface area contributed by atoms with Crippen LogP contribution < -0.4 is 5.32 Å². The lowest BCUT2D eigenvalue weighted by Crippen LogP contribution is -2.48. The van der Waals surface area contributed by atoms with Crippen molar-refractivity contribution in [3.8, 4) is 0 Å². The van der Waals surface area contributed by atoms with Gasteiger partial charge in [-0.1, -0.05) is 0 Å². The maximum absolute atomic E-state index is 3.53. The molecule has 3 atom stereocenters. The van der Waals surface area contributed by atoms with E-state index >= 15 is 0 Å². The molecule has 16 heavy (non-hydrogen) atoms. The number of likely N-dealkylation sites (tertiary alicyclic amines) is 1. The molecule has 0 saturated carbocycles. The van der Waals surface area contributed by atoms with E-state index in [4.69, 9.17) is 0 Å². The quantitative estimate of drug-likeness (QED) is 0.777. The van der Waals surface area contributed by atoms with Gasteiger partial charge < -0.3 is 15.1 Å². The Bertz CT molecular complexity index is 219. The zero-order chi connectivity index (χ0) is 11.5. The van der Waals surface area contributed by atoms with E-state index < -0.39 is 0 Å². The first-order chi connectivity index (χ1) is 7.66. The van der Waals surface area contributed by atoms with Crippen molar-refractivity contribution in [2.24, 2.45) is 0 Å². The van der Waals surface area contributed by atoms with Crippen molar-refractivity contribution in [2.45, 2.75) is 50.7 Å². The summed E-state index contributed by atoms with van der Waals surface area (Å²) < 4.78 is 0. The fraction of sp³-hybridized carbons (Fsp3) is 1.00. The van der Waals surface area contributed by atoms with Gasteiger partial charge in [0.05, 0.1) is 0 Å². The average molecular weight is 225 g/mol. The van der Waals surface area contributed by atoms with E-state index in [1.165, 1.54) is 45.3 Å². The molecule has 3 nitrogen and oxygen atoms in total. The molecule has 2 heterocycles. The first kappa shape index (κ1) is 12.3. The Balaban J connectivity index is 1.80. The van der Waals surface area contributed by atoms with Crippen LogP contribution in [0.1, 0.15) is 32.6 Å². The summed E-state index contributed by atoms with van der Waals surface area (Å²) in [4.78, 5) is 5.13. The molecule has 0 radical (unpaired) electrons. The fourth-order valence-corrected chi connectivity index (χ4v) is 3.20. The first-order valence-corrected chi connectivity index (χ1v) is 6.80. The summed E-state index contributed by atoms with van der Waals surface area (Å²) in [6.45, 7) is 6.05. The van der Waals surface area contributed by atoms with Crippen LogP contribution in [0.4, 0.5) is 0 Å². The molecule has 2 aliphatic rings. The molecule has 0 bridgehead atoms. The van der Waals surface area contributed by atoms with Crippen molar-refractivity contribution in [1.82, 2.24) is 15.1 Å². The van der Waals surface area contributed by atoms with E-state index in [1.54, 1.807) is 0 Å². The number of nitrogens with zero attached hydrogens (tertiary/aromatic N) is 2. The zero-order valence-electron chi connectivity index (χ0n) is 11.1. The molecule has 0 aromatic heterocycles. The van der Waals surface area contributed by atoms with Crippen LogP contribution in [0.25, 0.3) is 0 Å². The third-order valence-corrected chi connectivity index (χ3v) is 4.39. The lowest BCUT2D eigenvalue weighted by Gasteiger charge is -2.37. The van der Waals surface area contributed by atoms with Crippen LogP contribution in [0.3, 0.4) is 0 Å². The van der Waals surface area contributed by atoms with Crippen LogP contribution in [0, 0.1) is 0 Å². The van der Waals surface area contributed by atoms with E-state index in [9.17, 15) is 0 Å². The van der Waals surface area contributed by atoms with Gasteiger partial charge in [0.25, 0.3) is 0 Å². The van der Waals surface area contributed by atoms with E-state index in [1.807, 2.05) is 0 Å². The lowest BCUT2D eigenvalue weighted by atomic mass is 9.99. The predicted octanol–water partition coefficient (Wildman–Crippen LogP) is 1.15. The van der Waals surface area contributed by atoms with E-state index in [-0.39, 0.29) is 0 Å². The van der Waals surface area contributed by atoms with Crippen LogP contribution in [0.15, 0.2) is 0 Å². The van der Waals surface area contributed by atoms with Crippen LogP contribution in [-0.4, -0.2) is 61.7 Å². The van der Waals surface area contributed by atoms with Gasteiger partial charge in [0.2, 0.25) is 0 Å². The summed E-state index contributed by atoms with van der Waals surface area (Å²) >= 11 is 0. The molecular weight excluding hydrogens is 198 g/mol. The van der Waals surface area contributed by atoms with Gasteiger partial charge in [0.1, 0.15) is 0 Å². The molecule has 1 N–H and O–H groups in total. The smallest absolute Gasteiger partial charge is 0.0220 e. The molecule has 0 aliphatic carbocycles. The van der Waals surface area contributed by atoms with Crippen LogP contribution >= 0.6 is 0 Å². The second kappa shape index (κ2) is 5.48. The van der Waals surface area contributed by atoms with Crippen LogP contribution in [0.5, 0.6) is 0 Å². The van der Waals surface area contributed by atoms with Gasteiger partial charge in [-0.2, -0.15) is 0 Å². The molecular formula is C13H27N3. The maximum Gasteiger partial charge on any atom is 0.0220 e. The van der Waals surface area contributed by atoms with Crippen molar-refractivity contribution in [3.63, 3.8) is 0 Å². The molecule has 2 rings (SSSR count). The minimum atomic E-state index is 0.697. The molecule has 3 unspecified atom stereocenters. The lowest BCUT2D eigenvalue weighted by molar-refractivity contribution is 0.141. The summed E-state index contributed by atoms with van der Waals surface area (Å²) in [5.41, 5.74) is 0.